The van der Waals surface area contributed by atoms with Crippen LogP contribution in [0.15, 0.2) is 28.7 Å². The average Bonchev–Trinajstić information content (AvgIpc) is 3.05. The maximum absolute atomic E-state index is 12.5. The van der Waals surface area contributed by atoms with Crippen LogP contribution in [0.2, 0.25) is 5.02 Å². The Morgan fingerprint density at radius 1 is 1.12 bits per heavy atom. The molecule has 2 heterocycles. The number of aryl methyl sites for hydroxylation is 2. The van der Waals surface area contributed by atoms with Crippen LogP contribution in [-0.2, 0) is 11.2 Å². The summed E-state index contributed by atoms with van der Waals surface area (Å²) >= 11 is 6.09. The van der Waals surface area contributed by atoms with Crippen molar-refractivity contribution in [1.29, 1.82) is 0 Å². The van der Waals surface area contributed by atoms with E-state index in [4.69, 9.17) is 16.0 Å². The van der Waals surface area contributed by atoms with Gasteiger partial charge in [-0.3, -0.25) is 9.59 Å². The molecular weight excluding hydrogens is 344 g/mol. The van der Waals surface area contributed by atoms with Gasteiger partial charge in [-0.15, -0.1) is 10.2 Å². The van der Waals surface area contributed by atoms with E-state index >= 15 is 0 Å². The first-order chi connectivity index (χ1) is 12.0. The van der Waals surface area contributed by atoms with E-state index in [0.717, 1.165) is 0 Å². The Labute approximate surface area is 150 Å². The van der Waals surface area contributed by atoms with E-state index in [1.165, 1.54) is 0 Å². The molecule has 2 amide bonds. The lowest BCUT2D eigenvalue weighted by molar-refractivity contribution is -0.132. The summed E-state index contributed by atoms with van der Waals surface area (Å²) < 4.78 is 5.27. The first-order valence-corrected chi connectivity index (χ1v) is 8.53. The van der Waals surface area contributed by atoms with E-state index < -0.39 is 0 Å². The topological polar surface area (TPSA) is 79.5 Å². The number of rotatable bonds is 4. The predicted molar refractivity (Wildman–Crippen MR) is 91.3 cm³/mol. The van der Waals surface area contributed by atoms with Crippen LogP contribution in [-0.4, -0.2) is 58.0 Å². The van der Waals surface area contributed by atoms with Crippen LogP contribution < -0.4 is 0 Å². The van der Waals surface area contributed by atoms with E-state index in [1.54, 1.807) is 41.0 Å². The molecule has 0 unspecified atom stereocenters. The molecular formula is C17H19ClN4O3. The Morgan fingerprint density at radius 2 is 1.80 bits per heavy atom. The second kappa shape index (κ2) is 7.65. The molecule has 0 atom stereocenters. The second-order valence-corrected chi connectivity index (χ2v) is 6.27. The molecule has 132 valence electrons. The number of hydrogen-bond donors (Lipinski definition) is 0. The van der Waals surface area contributed by atoms with Crippen LogP contribution in [0.5, 0.6) is 0 Å². The summed E-state index contributed by atoms with van der Waals surface area (Å²) in [5.41, 5.74) is 0.496. The van der Waals surface area contributed by atoms with Gasteiger partial charge in [0.05, 0.1) is 10.6 Å². The summed E-state index contributed by atoms with van der Waals surface area (Å²) in [5, 5.41) is 8.08. The lowest BCUT2D eigenvalue weighted by Crippen LogP contribution is -2.50. The molecule has 1 saturated heterocycles. The highest BCUT2D eigenvalue weighted by atomic mass is 35.5. The SMILES string of the molecule is Cc1nnc(CCC(=O)N2CCN(C(=O)c3ccccc3Cl)CC2)o1. The van der Waals surface area contributed by atoms with Crippen LogP contribution >= 0.6 is 11.6 Å². The maximum Gasteiger partial charge on any atom is 0.255 e. The predicted octanol–water partition coefficient (Wildman–Crippen LogP) is 1.95. The molecule has 25 heavy (non-hydrogen) atoms. The molecule has 0 saturated carbocycles. The van der Waals surface area contributed by atoms with Crippen LogP contribution in [0.3, 0.4) is 0 Å². The molecule has 0 bridgehead atoms. The van der Waals surface area contributed by atoms with Crippen molar-refractivity contribution in [3.63, 3.8) is 0 Å². The third-order valence-corrected chi connectivity index (χ3v) is 4.47. The van der Waals surface area contributed by atoms with Crippen molar-refractivity contribution in [2.24, 2.45) is 0 Å². The highest BCUT2D eigenvalue weighted by Gasteiger charge is 2.25. The highest BCUT2D eigenvalue weighted by molar-refractivity contribution is 6.33. The van der Waals surface area contributed by atoms with Gasteiger partial charge in [-0.25, -0.2) is 0 Å². The number of hydrogen-bond acceptors (Lipinski definition) is 5. The number of benzene rings is 1. The highest BCUT2D eigenvalue weighted by Crippen LogP contribution is 2.18. The molecule has 1 aliphatic rings. The quantitative estimate of drug-likeness (QED) is 0.830. The minimum atomic E-state index is -0.0981. The molecule has 0 aliphatic carbocycles. The normalized spacial score (nSPS) is 14.6. The van der Waals surface area contributed by atoms with Gasteiger partial charge in [0.1, 0.15) is 0 Å². The van der Waals surface area contributed by atoms with Gasteiger partial charge < -0.3 is 14.2 Å². The Bertz CT molecular complexity index is 769. The molecule has 2 aromatic rings. The van der Waals surface area contributed by atoms with Gasteiger partial charge in [-0.2, -0.15) is 0 Å². The fourth-order valence-corrected chi connectivity index (χ4v) is 2.99. The standard InChI is InChI=1S/C17H19ClN4O3/c1-12-19-20-15(25-12)6-7-16(23)21-8-10-22(11-9-21)17(24)13-4-2-3-5-14(13)18/h2-5H,6-11H2,1H3. The Morgan fingerprint density at radius 3 is 2.44 bits per heavy atom. The van der Waals surface area contributed by atoms with E-state index in [2.05, 4.69) is 10.2 Å². The summed E-state index contributed by atoms with van der Waals surface area (Å²) in [4.78, 5) is 28.3. The number of nitrogens with zero attached hydrogens (tertiary/aromatic N) is 4. The fraction of sp³-hybridized carbons (Fsp3) is 0.412. The molecule has 0 spiro atoms. The number of halogens is 1. The second-order valence-electron chi connectivity index (χ2n) is 5.87. The molecule has 7 nitrogen and oxygen atoms in total. The van der Waals surface area contributed by atoms with Gasteiger partial charge in [-0.1, -0.05) is 23.7 Å². The fourth-order valence-electron chi connectivity index (χ4n) is 2.77. The summed E-state index contributed by atoms with van der Waals surface area (Å²) in [6.45, 7) is 3.73. The molecule has 0 radical (unpaired) electrons. The zero-order chi connectivity index (χ0) is 17.8. The van der Waals surface area contributed by atoms with Crippen molar-refractivity contribution >= 4 is 23.4 Å². The minimum Gasteiger partial charge on any atom is -0.426 e. The van der Waals surface area contributed by atoms with Crippen molar-refractivity contribution in [1.82, 2.24) is 20.0 Å². The van der Waals surface area contributed by atoms with Gasteiger partial charge in [0.25, 0.3) is 5.91 Å². The van der Waals surface area contributed by atoms with Crippen molar-refractivity contribution in [3.8, 4) is 0 Å². The van der Waals surface area contributed by atoms with Crippen LogP contribution in [0, 0.1) is 6.92 Å². The third kappa shape index (κ3) is 4.17. The average molecular weight is 363 g/mol. The van der Waals surface area contributed by atoms with Crippen molar-refractivity contribution in [3.05, 3.63) is 46.6 Å². The Balaban J connectivity index is 1.50. The number of amides is 2. The molecule has 0 N–H and O–H groups in total. The summed E-state index contributed by atoms with van der Waals surface area (Å²) in [6, 6.07) is 7.00. The molecule has 1 aromatic heterocycles. The Hall–Kier alpha value is -2.41. The molecule has 3 rings (SSSR count). The first-order valence-electron chi connectivity index (χ1n) is 8.15. The zero-order valence-corrected chi connectivity index (χ0v) is 14.7. The lowest BCUT2D eigenvalue weighted by atomic mass is 10.1. The van der Waals surface area contributed by atoms with Crippen LogP contribution in [0.4, 0.5) is 0 Å². The molecule has 1 aromatic carbocycles. The minimum absolute atomic E-state index is 0.0284. The number of aromatic nitrogens is 2. The molecule has 8 heteroatoms. The van der Waals surface area contributed by atoms with E-state index in [-0.39, 0.29) is 11.8 Å². The van der Waals surface area contributed by atoms with Crippen molar-refractivity contribution < 1.29 is 14.0 Å². The Kier molecular flexibility index (Phi) is 5.33. The van der Waals surface area contributed by atoms with Gasteiger partial charge in [0, 0.05) is 45.9 Å². The van der Waals surface area contributed by atoms with Crippen LogP contribution in [0.25, 0.3) is 0 Å². The van der Waals surface area contributed by atoms with Gasteiger partial charge in [-0.05, 0) is 12.1 Å². The molecule has 1 aliphatic heterocycles. The third-order valence-electron chi connectivity index (χ3n) is 4.14. The van der Waals surface area contributed by atoms with Gasteiger partial charge >= 0.3 is 0 Å². The smallest absolute Gasteiger partial charge is 0.255 e. The van der Waals surface area contributed by atoms with Gasteiger partial charge in [0.15, 0.2) is 0 Å². The van der Waals surface area contributed by atoms with E-state index in [0.29, 0.717) is 61.4 Å². The summed E-state index contributed by atoms with van der Waals surface area (Å²) in [5.74, 6) is 0.896. The van der Waals surface area contributed by atoms with E-state index in [1.807, 2.05) is 0 Å². The number of piperazine rings is 1. The lowest BCUT2D eigenvalue weighted by Gasteiger charge is -2.35. The first kappa shape index (κ1) is 17.4. The number of carbonyl (C=O) groups excluding carboxylic acids is 2. The monoisotopic (exact) mass is 362 g/mol. The largest absolute Gasteiger partial charge is 0.426 e. The summed E-state index contributed by atoms with van der Waals surface area (Å²) in [6.07, 6.45) is 0.749. The number of carbonyl (C=O) groups is 2. The molecule has 1 fully saturated rings. The maximum atomic E-state index is 12.5. The van der Waals surface area contributed by atoms with Crippen molar-refractivity contribution in [2.75, 3.05) is 26.2 Å². The summed E-state index contributed by atoms with van der Waals surface area (Å²) in [7, 11) is 0. The zero-order valence-electron chi connectivity index (χ0n) is 13.9. The van der Waals surface area contributed by atoms with Crippen molar-refractivity contribution in [2.45, 2.75) is 19.8 Å². The van der Waals surface area contributed by atoms with Gasteiger partial charge in [0.2, 0.25) is 17.7 Å². The van der Waals surface area contributed by atoms with Crippen LogP contribution in [0.1, 0.15) is 28.6 Å². The van der Waals surface area contributed by atoms with E-state index in [9.17, 15) is 9.59 Å².